The van der Waals surface area contributed by atoms with Gasteiger partial charge in [0.1, 0.15) is 12.1 Å². The summed E-state index contributed by atoms with van der Waals surface area (Å²) in [5, 5.41) is 11.9. The third-order valence-electron chi connectivity index (χ3n) is 3.79. The van der Waals surface area contributed by atoms with E-state index in [1.54, 1.807) is 0 Å². The molecule has 1 amide bonds. The van der Waals surface area contributed by atoms with Gasteiger partial charge in [0.15, 0.2) is 0 Å². The Bertz CT molecular complexity index is 506. The summed E-state index contributed by atoms with van der Waals surface area (Å²) in [7, 11) is 0. The summed E-state index contributed by atoms with van der Waals surface area (Å²) >= 11 is 0. The summed E-state index contributed by atoms with van der Waals surface area (Å²) in [6.07, 6.45) is -0.349. The number of hydrogen-bond acceptors (Lipinski definition) is 4. The average Bonchev–Trinajstić information content (AvgIpc) is 2.55. The molecular weight excluding hydrogens is 284 g/mol. The Balaban J connectivity index is 1.95. The number of hydrogen-bond donors (Lipinski definition) is 2. The predicted molar refractivity (Wildman–Crippen MR) is 81.6 cm³/mol. The molecule has 0 bridgehead atoms. The fraction of sp³-hybridized carbons (Fsp3) is 0.500. The fourth-order valence-electron chi connectivity index (χ4n) is 2.46. The fourth-order valence-corrected chi connectivity index (χ4v) is 2.46. The smallest absolute Gasteiger partial charge is 0.326 e. The van der Waals surface area contributed by atoms with Gasteiger partial charge in [-0.3, -0.25) is 9.69 Å². The molecule has 6 nitrogen and oxygen atoms in total. The number of rotatable bonds is 6. The number of likely N-dealkylation sites (N-methyl/N-ethyl adjacent to an activating group) is 1. The van der Waals surface area contributed by atoms with Crippen LogP contribution in [-0.4, -0.2) is 60.3 Å². The summed E-state index contributed by atoms with van der Waals surface area (Å²) in [6, 6.07) is 8.30. The molecule has 2 rings (SSSR count). The molecule has 0 spiro atoms. The van der Waals surface area contributed by atoms with Crippen LogP contribution in [0.15, 0.2) is 30.3 Å². The molecule has 1 saturated heterocycles. The molecule has 1 aromatic carbocycles. The molecule has 1 heterocycles. The first-order chi connectivity index (χ1) is 10.6. The summed E-state index contributed by atoms with van der Waals surface area (Å²) < 4.78 is 5.46. The van der Waals surface area contributed by atoms with Gasteiger partial charge in [0.05, 0.1) is 6.61 Å². The van der Waals surface area contributed by atoms with E-state index < -0.39 is 18.1 Å². The number of benzene rings is 1. The van der Waals surface area contributed by atoms with Gasteiger partial charge in [-0.1, -0.05) is 37.3 Å². The predicted octanol–water partition coefficient (Wildman–Crippen LogP) is 0.519. The number of carboxylic acid groups (broad SMARTS) is 1. The molecule has 1 aliphatic rings. The van der Waals surface area contributed by atoms with Crippen LogP contribution < -0.4 is 5.32 Å². The lowest BCUT2D eigenvalue weighted by atomic mass is 10.1. The third kappa shape index (κ3) is 4.54. The highest BCUT2D eigenvalue weighted by molar-refractivity contribution is 5.86. The number of carbonyl (C=O) groups is 2. The lowest BCUT2D eigenvalue weighted by Crippen LogP contribution is -2.53. The number of carbonyl (C=O) groups excluding carboxylic acids is 1. The van der Waals surface area contributed by atoms with Gasteiger partial charge in [0.25, 0.3) is 5.91 Å². The van der Waals surface area contributed by atoms with Crippen molar-refractivity contribution >= 4 is 11.9 Å². The minimum absolute atomic E-state index is 0.256. The molecule has 2 N–H and O–H groups in total. The Hall–Kier alpha value is -1.92. The van der Waals surface area contributed by atoms with E-state index >= 15 is 0 Å². The highest BCUT2D eigenvalue weighted by atomic mass is 16.5. The second kappa shape index (κ2) is 7.91. The van der Waals surface area contributed by atoms with Gasteiger partial charge < -0.3 is 15.2 Å². The number of amides is 1. The largest absolute Gasteiger partial charge is 0.480 e. The molecule has 1 aromatic rings. The Morgan fingerprint density at radius 2 is 2.14 bits per heavy atom. The van der Waals surface area contributed by atoms with E-state index in [-0.39, 0.29) is 12.3 Å². The van der Waals surface area contributed by atoms with E-state index in [0.717, 1.165) is 18.7 Å². The maximum absolute atomic E-state index is 12.2. The highest BCUT2D eigenvalue weighted by Gasteiger charge is 2.29. The molecule has 0 radical (unpaired) electrons. The van der Waals surface area contributed by atoms with Crippen LogP contribution in [0, 0.1) is 0 Å². The van der Waals surface area contributed by atoms with Crippen LogP contribution in [0.4, 0.5) is 0 Å². The second-order valence-corrected chi connectivity index (χ2v) is 5.34. The molecule has 120 valence electrons. The van der Waals surface area contributed by atoms with Crippen molar-refractivity contribution in [3.63, 3.8) is 0 Å². The average molecular weight is 306 g/mol. The Morgan fingerprint density at radius 1 is 1.41 bits per heavy atom. The van der Waals surface area contributed by atoms with Crippen LogP contribution in [0.25, 0.3) is 0 Å². The number of carboxylic acids is 1. The van der Waals surface area contributed by atoms with Crippen LogP contribution in [-0.2, 0) is 20.7 Å². The first-order valence-electron chi connectivity index (χ1n) is 7.51. The zero-order chi connectivity index (χ0) is 15.9. The summed E-state index contributed by atoms with van der Waals surface area (Å²) in [4.78, 5) is 25.7. The van der Waals surface area contributed by atoms with Crippen molar-refractivity contribution in [2.45, 2.75) is 25.5 Å². The molecule has 2 atom stereocenters. The van der Waals surface area contributed by atoms with E-state index in [4.69, 9.17) is 4.74 Å². The Morgan fingerprint density at radius 3 is 2.77 bits per heavy atom. The molecule has 0 aromatic heterocycles. The second-order valence-electron chi connectivity index (χ2n) is 5.34. The van der Waals surface area contributed by atoms with E-state index in [1.807, 2.05) is 37.3 Å². The topological polar surface area (TPSA) is 78.9 Å². The van der Waals surface area contributed by atoms with E-state index in [0.29, 0.717) is 13.2 Å². The highest BCUT2D eigenvalue weighted by Crippen LogP contribution is 2.07. The van der Waals surface area contributed by atoms with Crippen LogP contribution in [0.5, 0.6) is 0 Å². The Labute approximate surface area is 130 Å². The van der Waals surface area contributed by atoms with Crippen molar-refractivity contribution in [2.75, 3.05) is 26.2 Å². The maximum atomic E-state index is 12.2. The normalized spacial score (nSPS) is 20.3. The van der Waals surface area contributed by atoms with E-state index in [9.17, 15) is 14.7 Å². The lowest BCUT2D eigenvalue weighted by molar-refractivity contribution is -0.146. The van der Waals surface area contributed by atoms with Crippen LogP contribution in [0.3, 0.4) is 0 Å². The van der Waals surface area contributed by atoms with E-state index in [1.165, 1.54) is 0 Å². The molecule has 1 unspecified atom stereocenters. The first-order valence-corrected chi connectivity index (χ1v) is 7.51. The lowest BCUT2D eigenvalue weighted by Gasteiger charge is -2.31. The standard InChI is InChI=1S/C16H22N2O4/c1-2-18-8-9-22-14(11-18)15(19)17-13(16(20)21)10-12-6-4-3-5-7-12/h3-7,13-14H,2,8-11H2,1H3,(H,17,19)(H,20,21)/t13-,14?/m0/s1. The number of morpholine rings is 1. The monoisotopic (exact) mass is 306 g/mol. The van der Waals surface area contributed by atoms with Crippen molar-refractivity contribution in [2.24, 2.45) is 0 Å². The van der Waals surface area contributed by atoms with Crippen molar-refractivity contribution in [3.05, 3.63) is 35.9 Å². The molecule has 0 saturated carbocycles. The van der Waals surface area contributed by atoms with Crippen LogP contribution in [0.1, 0.15) is 12.5 Å². The number of nitrogens with zero attached hydrogens (tertiary/aromatic N) is 1. The number of nitrogens with one attached hydrogen (secondary N) is 1. The minimum Gasteiger partial charge on any atom is -0.480 e. The summed E-state index contributed by atoms with van der Waals surface area (Å²) in [5.41, 5.74) is 0.870. The molecule has 0 aliphatic carbocycles. The van der Waals surface area contributed by atoms with Gasteiger partial charge in [-0.25, -0.2) is 4.79 Å². The number of ether oxygens (including phenoxy) is 1. The minimum atomic E-state index is -1.04. The zero-order valence-electron chi connectivity index (χ0n) is 12.7. The summed E-state index contributed by atoms with van der Waals surface area (Å²) in [6.45, 7) is 4.66. The van der Waals surface area contributed by atoms with Gasteiger partial charge >= 0.3 is 5.97 Å². The molecular formula is C16H22N2O4. The van der Waals surface area contributed by atoms with Crippen molar-refractivity contribution < 1.29 is 19.4 Å². The van der Waals surface area contributed by atoms with Crippen LogP contribution >= 0.6 is 0 Å². The summed E-state index contributed by atoms with van der Waals surface area (Å²) in [5.74, 6) is -1.40. The van der Waals surface area contributed by atoms with Gasteiger partial charge in [-0.2, -0.15) is 0 Å². The van der Waals surface area contributed by atoms with Gasteiger partial charge in [0, 0.05) is 19.5 Å². The maximum Gasteiger partial charge on any atom is 0.326 e. The van der Waals surface area contributed by atoms with Crippen molar-refractivity contribution in [3.8, 4) is 0 Å². The first kappa shape index (κ1) is 16.5. The molecule has 22 heavy (non-hydrogen) atoms. The van der Waals surface area contributed by atoms with Gasteiger partial charge in [-0.05, 0) is 12.1 Å². The quantitative estimate of drug-likeness (QED) is 0.801. The molecule has 6 heteroatoms. The van der Waals surface area contributed by atoms with Gasteiger partial charge in [-0.15, -0.1) is 0 Å². The zero-order valence-corrected chi connectivity index (χ0v) is 12.7. The van der Waals surface area contributed by atoms with E-state index in [2.05, 4.69) is 10.2 Å². The van der Waals surface area contributed by atoms with Crippen LogP contribution in [0.2, 0.25) is 0 Å². The van der Waals surface area contributed by atoms with Gasteiger partial charge in [0.2, 0.25) is 0 Å². The number of aliphatic carboxylic acids is 1. The molecule has 1 fully saturated rings. The molecule has 1 aliphatic heterocycles. The van der Waals surface area contributed by atoms with Crippen molar-refractivity contribution in [1.29, 1.82) is 0 Å². The van der Waals surface area contributed by atoms with Crippen molar-refractivity contribution in [1.82, 2.24) is 10.2 Å². The SMILES string of the molecule is CCN1CCOC(C(=O)N[C@@H](Cc2ccccc2)C(=O)O)C1. The Kier molecular flexibility index (Phi) is 5.91. The third-order valence-corrected chi connectivity index (χ3v) is 3.79.